The van der Waals surface area contributed by atoms with E-state index < -0.39 is 31.4 Å². The molecule has 1 atom stereocenters. The molecule has 0 spiro atoms. The van der Waals surface area contributed by atoms with Gasteiger partial charge in [-0.1, -0.05) is 0 Å². The van der Waals surface area contributed by atoms with Crippen LogP contribution in [-0.4, -0.2) is 64.3 Å². The van der Waals surface area contributed by atoms with Crippen LogP contribution in [0.5, 0.6) is 0 Å². The Morgan fingerprint density at radius 3 is 2.21 bits per heavy atom. The van der Waals surface area contributed by atoms with Gasteiger partial charge in [-0.05, 0) is 37.1 Å². The maximum absolute atomic E-state index is 12.8. The van der Waals surface area contributed by atoms with E-state index >= 15 is 0 Å². The number of methoxy groups -OCH3 is 1. The summed E-state index contributed by atoms with van der Waals surface area (Å²) in [5.74, 6) is -1.27. The fraction of sp³-hybridized carbons (Fsp3) is 0.500. The Kier molecular flexibility index (Phi) is 5.05. The second-order valence-corrected chi connectivity index (χ2v) is 9.57. The lowest BCUT2D eigenvalue weighted by Crippen LogP contribution is -2.55. The molecule has 1 heterocycles. The van der Waals surface area contributed by atoms with Crippen molar-refractivity contribution in [2.24, 2.45) is 0 Å². The molecule has 0 saturated carbocycles. The number of rotatable bonds is 6. The van der Waals surface area contributed by atoms with Gasteiger partial charge in [-0.15, -0.1) is 0 Å². The lowest BCUT2D eigenvalue weighted by Gasteiger charge is -2.33. The number of benzene rings is 1. The first-order valence-corrected chi connectivity index (χ1v) is 10.4. The van der Waals surface area contributed by atoms with E-state index in [1.54, 1.807) is 0 Å². The van der Waals surface area contributed by atoms with E-state index in [0.29, 0.717) is 6.42 Å². The minimum atomic E-state index is -4.10. The average molecular weight is 377 g/mol. The molecule has 1 aliphatic heterocycles. The normalized spacial score (nSPS) is 22.6. The minimum Gasteiger partial charge on any atom is -0.480 e. The minimum absolute atomic E-state index is 0.00994. The molecule has 1 saturated heterocycles. The van der Waals surface area contributed by atoms with Crippen molar-refractivity contribution in [2.45, 2.75) is 28.2 Å². The Hall–Kier alpha value is -1.49. The van der Waals surface area contributed by atoms with Crippen LogP contribution in [0.2, 0.25) is 0 Å². The van der Waals surface area contributed by atoms with Gasteiger partial charge < -0.3 is 9.84 Å². The third kappa shape index (κ3) is 3.18. The van der Waals surface area contributed by atoms with E-state index in [4.69, 9.17) is 4.74 Å². The number of hydrogen-bond acceptors (Lipinski definition) is 6. The molecular formula is C14H19NO7S2. The van der Waals surface area contributed by atoms with Gasteiger partial charge in [-0.2, -0.15) is 4.31 Å². The van der Waals surface area contributed by atoms with Crippen molar-refractivity contribution in [1.29, 1.82) is 0 Å². The average Bonchev–Trinajstić information content (AvgIpc) is 2.93. The van der Waals surface area contributed by atoms with E-state index in [2.05, 4.69) is 0 Å². The molecule has 0 amide bonds. The second-order valence-electron chi connectivity index (χ2n) is 5.69. The van der Waals surface area contributed by atoms with Crippen LogP contribution in [0.1, 0.15) is 12.8 Å². The van der Waals surface area contributed by atoms with Crippen LogP contribution >= 0.6 is 0 Å². The van der Waals surface area contributed by atoms with E-state index in [1.807, 2.05) is 0 Å². The number of carboxylic acid groups (broad SMARTS) is 1. The third-order valence-electron chi connectivity index (χ3n) is 4.05. The smallest absolute Gasteiger partial charge is 0.327 e. The Morgan fingerprint density at radius 2 is 1.75 bits per heavy atom. The predicted molar refractivity (Wildman–Crippen MR) is 84.9 cm³/mol. The van der Waals surface area contributed by atoms with Crippen LogP contribution in [-0.2, 0) is 29.4 Å². The summed E-state index contributed by atoms with van der Waals surface area (Å²) in [5, 5.41) is 9.56. The van der Waals surface area contributed by atoms with Gasteiger partial charge in [0.15, 0.2) is 15.4 Å². The van der Waals surface area contributed by atoms with E-state index in [-0.39, 0.29) is 29.4 Å². The summed E-state index contributed by atoms with van der Waals surface area (Å²) in [6.45, 7) is -0.200. The first-order valence-electron chi connectivity index (χ1n) is 7.11. The molecular weight excluding hydrogens is 358 g/mol. The highest BCUT2D eigenvalue weighted by atomic mass is 32.2. The fourth-order valence-electron chi connectivity index (χ4n) is 2.85. The molecule has 1 N–H and O–H groups in total. The lowest BCUT2D eigenvalue weighted by molar-refractivity contribution is -0.150. The maximum Gasteiger partial charge on any atom is 0.327 e. The van der Waals surface area contributed by atoms with Gasteiger partial charge in [0.25, 0.3) is 0 Å². The standard InChI is InChI=1S/C14H19NO7S2/c1-22-10-14(13(16)17)8-3-9-15(14)24(20,21)12-6-4-11(5-7-12)23(2,18)19/h4-7H,3,8-10H2,1-2H3,(H,16,17). The first-order chi connectivity index (χ1) is 11.1. The van der Waals surface area contributed by atoms with Crippen LogP contribution in [0.15, 0.2) is 34.1 Å². The number of sulfonamides is 1. The number of sulfone groups is 1. The summed E-state index contributed by atoms with van der Waals surface area (Å²) >= 11 is 0. The van der Waals surface area contributed by atoms with Crippen LogP contribution in [0.4, 0.5) is 0 Å². The summed E-state index contributed by atoms with van der Waals surface area (Å²) in [6, 6.07) is 4.72. The van der Waals surface area contributed by atoms with Gasteiger partial charge in [0.2, 0.25) is 10.0 Å². The number of ether oxygens (including phenoxy) is 1. The largest absolute Gasteiger partial charge is 0.480 e. The molecule has 0 aromatic heterocycles. The van der Waals surface area contributed by atoms with Crippen molar-refractivity contribution in [3.8, 4) is 0 Å². The highest BCUT2D eigenvalue weighted by Crippen LogP contribution is 2.35. The summed E-state index contributed by atoms with van der Waals surface area (Å²) < 4.78 is 54.5. The van der Waals surface area contributed by atoms with E-state index in [9.17, 15) is 26.7 Å². The molecule has 1 unspecified atom stereocenters. The van der Waals surface area contributed by atoms with Crippen LogP contribution < -0.4 is 0 Å². The Labute approximate surface area is 141 Å². The fourth-order valence-corrected chi connectivity index (χ4v) is 5.27. The zero-order chi connectivity index (χ0) is 18.2. The molecule has 1 aromatic rings. The van der Waals surface area contributed by atoms with Gasteiger partial charge in [0, 0.05) is 19.9 Å². The zero-order valence-electron chi connectivity index (χ0n) is 13.3. The van der Waals surface area contributed by atoms with Gasteiger partial charge in [0.1, 0.15) is 0 Å². The highest BCUT2D eigenvalue weighted by Gasteiger charge is 2.53. The van der Waals surface area contributed by atoms with Crippen molar-refractivity contribution < 1.29 is 31.5 Å². The van der Waals surface area contributed by atoms with E-state index in [0.717, 1.165) is 10.6 Å². The Bertz CT molecular complexity index is 830. The number of carbonyl (C=O) groups is 1. The van der Waals surface area contributed by atoms with Crippen LogP contribution in [0, 0.1) is 0 Å². The van der Waals surface area contributed by atoms with Gasteiger partial charge in [-0.25, -0.2) is 16.8 Å². The molecule has 8 nitrogen and oxygen atoms in total. The summed E-state index contributed by atoms with van der Waals surface area (Å²) in [6.07, 6.45) is 1.57. The molecule has 24 heavy (non-hydrogen) atoms. The van der Waals surface area contributed by atoms with Crippen LogP contribution in [0.25, 0.3) is 0 Å². The summed E-state index contributed by atoms with van der Waals surface area (Å²) in [7, 11) is -6.24. The second kappa shape index (κ2) is 6.43. The first kappa shape index (κ1) is 18.8. The molecule has 1 aromatic carbocycles. The highest BCUT2D eigenvalue weighted by molar-refractivity contribution is 7.90. The molecule has 0 radical (unpaired) electrons. The summed E-state index contributed by atoms with van der Waals surface area (Å²) in [5.41, 5.74) is -1.65. The Balaban J connectivity index is 2.47. The van der Waals surface area contributed by atoms with Gasteiger partial charge in [0.05, 0.1) is 16.4 Å². The topological polar surface area (TPSA) is 118 Å². The molecule has 0 bridgehead atoms. The van der Waals surface area contributed by atoms with Crippen molar-refractivity contribution in [3.05, 3.63) is 24.3 Å². The third-order valence-corrected chi connectivity index (χ3v) is 7.16. The Morgan fingerprint density at radius 1 is 1.21 bits per heavy atom. The maximum atomic E-state index is 12.8. The van der Waals surface area contributed by atoms with Crippen molar-refractivity contribution in [2.75, 3.05) is 26.5 Å². The number of nitrogens with zero attached hydrogens (tertiary/aromatic N) is 1. The number of carboxylic acids is 1. The molecule has 134 valence electrons. The number of aliphatic carboxylic acids is 1. The quantitative estimate of drug-likeness (QED) is 0.759. The van der Waals surface area contributed by atoms with Crippen LogP contribution in [0.3, 0.4) is 0 Å². The molecule has 0 aliphatic carbocycles. The molecule has 1 fully saturated rings. The lowest BCUT2D eigenvalue weighted by atomic mass is 9.99. The van der Waals surface area contributed by atoms with E-state index in [1.165, 1.54) is 31.4 Å². The molecule has 10 heteroatoms. The predicted octanol–water partition coefficient (Wildman–Crippen LogP) is 0.344. The molecule has 1 aliphatic rings. The zero-order valence-corrected chi connectivity index (χ0v) is 14.9. The van der Waals surface area contributed by atoms with Gasteiger partial charge in [-0.3, -0.25) is 4.79 Å². The van der Waals surface area contributed by atoms with Crippen molar-refractivity contribution in [3.63, 3.8) is 0 Å². The number of hydrogen-bond donors (Lipinski definition) is 1. The molecule has 2 rings (SSSR count). The summed E-state index contributed by atoms with van der Waals surface area (Å²) in [4.78, 5) is 11.6. The van der Waals surface area contributed by atoms with Crippen molar-refractivity contribution >= 4 is 25.8 Å². The SMILES string of the molecule is COCC1(C(=O)O)CCCN1S(=O)(=O)c1ccc(S(C)(=O)=O)cc1. The monoisotopic (exact) mass is 377 g/mol. The van der Waals surface area contributed by atoms with Gasteiger partial charge >= 0.3 is 5.97 Å². The van der Waals surface area contributed by atoms with Crippen molar-refractivity contribution in [1.82, 2.24) is 4.31 Å².